The third-order valence-corrected chi connectivity index (χ3v) is 3.05. The second-order valence-corrected chi connectivity index (χ2v) is 4.15. The van der Waals surface area contributed by atoms with Gasteiger partial charge in [0.15, 0.2) is 0 Å². The zero-order valence-electron chi connectivity index (χ0n) is 9.76. The second-order valence-electron chi connectivity index (χ2n) is 4.15. The average Bonchev–Trinajstić information content (AvgIpc) is 2.38. The topological polar surface area (TPSA) is 56.1 Å². The van der Waals surface area contributed by atoms with Crippen molar-refractivity contribution in [2.24, 2.45) is 0 Å². The number of nitrogens with zero attached hydrogens (tertiary/aromatic N) is 2. The van der Waals surface area contributed by atoms with Gasteiger partial charge in [0.25, 0.3) is 0 Å². The lowest BCUT2D eigenvalue weighted by Gasteiger charge is -2.36. The molecule has 1 fully saturated rings. The number of piperazine rings is 1. The maximum Gasteiger partial charge on any atom is 0.242 e. The van der Waals surface area contributed by atoms with Crippen LogP contribution in [0.4, 0.5) is 0 Å². The number of carbonyl (C=O) groups excluding carboxylic acids is 1. The molecule has 0 bridgehead atoms. The highest BCUT2D eigenvalue weighted by Gasteiger charge is 2.33. The van der Waals surface area contributed by atoms with Crippen molar-refractivity contribution in [3.8, 4) is 6.07 Å². The minimum atomic E-state index is -0.348. The summed E-state index contributed by atoms with van der Waals surface area (Å²) in [6.45, 7) is 3.14. The Labute approximate surface area is 101 Å². The number of amides is 1. The van der Waals surface area contributed by atoms with Gasteiger partial charge in [-0.05, 0) is 12.5 Å². The molecule has 17 heavy (non-hydrogen) atoms. The monoisotopic (exact) mass is 229 g/mol. The van der Waals surface area contributed by atoms with Crippen molar-refractivity contribution in [1.29, 1.82) is 5.26 Å². The molecule has 1 heterocycles. The van der Waals surface area contributed by atoms with Crippen LogP contribution in [-0.2, 0) is 4.79 Å². The Hall–Kier alpha value is -1.86. The van der Waals surface area contributed by atoms with Gasteiger partial charge in [-0.3, -0.25) is 9.69 Å². The molecule has 2 rings (SSSR count). The molecule has 0 spiro atoms. The first-order chi connectivity index (χ1) is 8.24. The molecule has 1 amide bonds. The maximum absolute atomic E-state index is 12.0. The Bertz CT molecular complexity index is 438. The minimum Gasteiger partial charge on any atom is -0.353 e. The highest BCUT2D eigenvalue weighted by atomic mass is 16.2. The van der Waals surface area contributed by atoms with Crippen LogP contribution in [0.1, 0.15) is 18.5 Å². The zero-order valence-corrected chi connectivity index (χ0v) is 9.76. The smallest absolute Gasteiger partial charge is 0.242 e. The Morgan fingerprint density at radius 3 is 2.82 bits per heavy atom. The summed E-state index contributed by atoms with van der Waals surface area (Å²) in [5.41, 5.74) is 0.937. The van der Waals surface area contributed by atoms with E-state index in [4.69, 9.17) is 5.26 Å². The van der Waals surface area contributed by atoms with E-state index in [1.807, 2.05) is 42.2 Å². The molecule has 1 aliphatic heterocycles. The van der Waals surface area contributed by atoms with Crippen LogP contribution in [0.5, 0.6) is 0 Å². The van der Waals surface area contributed by atoms with Crippen LogP contribution < -0.4 is 5.32 Å². The summed E-state index contributed by atoms with van der Waals surface area (Å²) >= 11 is 0. The van der Waals surface area contributed by atoms with Crippen LogP contribution in [0.2, 0.25) is 0 Å². The minimum absolute atomic E-state index is 0.0236. The van der Waals surface area contributed by atoms with E-state index in [0.29, 0.717) is 13.1 Å². The molecule has 0 radical (unpaired) electrons. The lowest BCUT2D eigenvalue weighted by atomic mass is 10.0. The number of benzene rings is 1. The Balaban J connectivity index is 2.32. The van der Waals surface area contributed by atoms with E-state index in [2.05, 4.69) is 11.4 Å². The van der Waals surface area contributed by atoms with Crippen LogP contribution in [0.3, 0.4) is 0 Å². The SMILES string of the molecule is CC(C#N)N1CCNC(=O)C1c1ccccc1. The molecule has 2 atom stereocenters. The van der Waals surface area contributed by atoms with Gasteiger partial charge in [0.2, 0.25) is 5.91 Å². The van der Waals surface area contributed by atoms with Crippen LogP contribution in [0.25, 0.3) is 0 Å². The molecule has 0 aromatic heterocycles. The second kappa shape index (κ2) is 4.98. The van der Waals surface area contributed by atoms with Gasteiger partial charge in [0, 0.05) is 13.1 Å². The molecular formula is C13H15N3O. The summed E-state index contributed by atoms with van der Waals surface area (Å²) in [5.74, 6) is -0.0236. The highest BCUT2D eigenvalue weighted by Crippen LogP contribution is 2.24. The zero-order chi connectivity index (χ0) is 12.3. The van der Waals surface area contributed by atoms with E-state index in [-0.39, 0.29) is 18.0 Å². The van der Waals surface area contributed by atoms with Gasteiger partial charge in [0.05, 0.1) is 12.1 Å². The van der Waals surface area contributed by atoms with Crippen molar-refractivity contribution < 1.29 is 4.79 Å². The molecule has 4 heteroatoms. The molecule has 1 aromatic carbocycles. The lowest BCUT2D eigenvalue weighted by molar-refractivity contribution is -0.129. The highest BCUT2D eigenvalue weighted by molar-refractivity contribution is 5.84. The van der Waals surface area contributed by atoms with E-state index in [1.54, 1.807) is 0 Å². The van der Waals surface area contributed by atoms with Crippen molar-refractivity contribution in [3.05, 3.63) is 35.9 Å². The third kappa shape index (κ3) is 2.29. The van der Waals surface area contributed by atoms with Crippen molar-refractivity contribution in [3.63, 3.8) is 0 Å². The quantitative estimate of drug-likeness (QED) is 0.825. The van der Waals surface area contributed by atoms with E-state index < -0.39 is 0 Å². The Morgan fingerprint density at radius 1 is 1.47 bits per heavy atom. The predicted molar refractivity (Wildman–Crippen MR) is 64.0 cm³/mol. The summed E-state index contributed by atoms with van der Waals surface area (Å²) in [5, 5.41) is 11.9. The molecule has 0 aliphatic carbocycles. The summed E-state index contributed by atoms with van der Waals surface area (Å²) < 4.78 is 0. The summed E-state index contributed by atoms with van der Waals surface area (Å²) in [4.78, 5) is 13.9. The number of carbonyl (C=O) groups is 1. The van der Waals surface area contributed by atoms with Crippen molar-refractivity contribution in [2.45, 2.75) is 19.0 Å². The molecule has 2 unspecified atom stereocenters. The largest absolute Gasteiger partial charge is 0.353 e. The molecule has 1 saturated heterocycles. The number of nitriles is 1. The van der Waals surface area contributed by atoms with E-state index >= 15 is 0 Å². The first kappa shape index (κ1) is 11.6. The standard InChI is InChI=1S/C13H15N3O/c1-10(9-14)16-8-7-15-13(17)12(16)11-5-3-2-4-6-11/h2-6,10,12H,7-8H2,1H3,(H,15,17). The average molecular weight is 229 g/mol. The van der Waals surface area contributed by atoms with Crippen molar-refractivity contribution in [1.82, 2.24) is 10.2 Å². The van der Waals surface area contributed by atoms with Gasteiger partial charge in [-0.2, -0.15) is 5.26 Å². The Kier molecular flexibility index (Phi) is 3.40. The molecule has 4 nitrogen and oxygen atoms in total. The number of hydrogen-bond acceptors (Lipinski definition) is 3. The Morgan fingerprint density at radius 2 is 2.18 bits per heavy atom. The number of hydrogen-bond donors (Lipinski definition) is 1. The van der Waals surface area contributed by atoms with Crippen LogP contribution in [-0.4, -0.2) is 29.9 Å². The van der Waals surface area contributed by atoms with E-state index in [0.717, 1.165) is 5.56 Å². The molecule has 88 valence electrons. The first-order valence-electron chi connectivity index (χ1n) is 5.72. The van der Waals surface area contributed by atoms with Gasteiger partial charge in [0.1, 0.15) is 6.04 Å². The van der Waals surface area contributed by atoms with Gasteiger partial charge in [-0.15, -0.1) is 0 Å². The van der Waals surface area contributed by atoms with E-state index in [1.165, 1.54) is 0 Å². The summed E-state index contributed by atoms with van der Waals surface area (Å²) in [7, 11) is 0. The van der Waals surface area contributed by atoms with Gasteiger partial charge >= 0.3 is 0 Å². The fourth-order valence-electron chi connectivity index (χ4n) is 2.15. The number of nitrogens with one attached hydrogen (secondary N) is 1. The molecule has 1 aromatic rings. The molecule has 1 N–H and O–H groups in total. The lowest BCUT2D eigenvalue weighted by Crippen LogP contribution is -2.52. The predicted octanol–water partition coefficient (Wildman–Crippen LogP) is 1.07. The van der Waals surface area contributed by atoms with Crippen LogP contribution in [0.15, 0.2) is 30.3 Å². The first-order valence-corrected chi connectivity index (χ1v) is 5.72. The summed E-state index contributed by atoms with van der Waals surface area (Å²) in [6.07, 6.45) is 0. The fraction of sp³-hybridized carbons (Fsp3) is 0.385. The maximum atomic E-state index is 12.0. The normalized spacial score (nSPS) is 22.6. The van der Waals surface area contributed by atoms with Gasteiger partial charge in [-0.25, -0.2) is 0 Å². The van der Waals surface area contributed by atoms with Crippen molar-refractivity contribution >= 4 is 5.91 Å². The molecular weight excluding hydrogens is 214 g/mol. The number of rotatable bonds is 2. The van der Waals surface area contributed by atoms with Crippen molar-refractivity contribution in [2.75, 3.05) is 13.1 Å². The van der Waals surface area contributed by atoms with Crippen LogP contribution >= 0.6 is 0 Å². The summed E-state index contributed by atoms with van der Waals surface area (Å²) in [6, 6.07) is 11.2. The third-order valence-electron chi connectivity index (χ3n) is 3.05. The van der Waals surface area contributed by atoms with E-state index in [9.17, 15) is 4.79 Å². The molecule has 1 aliphatic rings. The van der Waals surface area contributed by atoms with Gasteiger partial charge in [-0.1, -0.05) is 30.3 Å². The molecule has 0 saturated carbocycles. The fourth-order valence-corrected chi connectivity index (χ4v) is 2.15. The van der Waals surface area contributed by atoms with Crippen LogP contribution in [0, 0.1) is 11.3 Å². The van der Waals surface area contributed by atoms with Gasteiger partial charge < -0.3 is 5.32 Å².